The molecule has 1 aromatic carbocycles. The van der Waals surface area contributed by atoms with Gasteiger partial charge in [0, 0.05) is 29.2 Å². The zero-order valence-corrected chi connectivity index (χ0v) is 15.2. The highest BCUT2D eigenvalue weighted by Gasteiger charge is 2.39. The van der Waals surface area contributed by atoms with E-state index >= 15 is 0 Å². The minimum atomic E-state index is -4.44. The zero-order valence-electron chi connectivity index (χ0n) is 15.2. The Morgan fingerprint density at radius 1 is 1.16 bits per heavy atom. The van der Waals surface area contributed by atoms with Gasteiger partial charge in [0.1, 0.15) is 6.04 Å². The number of fused-ring (bicyclic) bond motifs is 1. The average molecular weight is 352 g/mol. The fraction of sp³-hybridized carbons (Fsp3) is 0.600. The van der Waals surface area contributed by atoms with Crippen LogP contribution in [0.4, 0.5) is 13.2 Å². The van der Waals surface area contributed by atoms with Gasteiger partial charge in [0.25, 0.3) is 0 Å². The summed E-state index contributed by atoms with van der Waals surface area (Å²) in [6.45, 7) is 6.91. The summed E-state index contributed by atoms with van der Waals surface area (Å²) in [6.07, 6.45) is 1.96. The first kappa shape index (κ1) is 18.3. The number of aromatic nitrogens is 1. The number of nitrogens with zero attached hydrogens (tertiary/aromatic N) is 1. The van der Waals surface area contributed by atoms with Crippen LogP contribution in [0, 0.1) is 5.41 Å². The number of hydrogen-bond donors (Lipinski definition) is 1. The van der Waals surface area contributed by atoms with Crippen molar-refractivity contribution in [3.63, 3.8) is 0 Å². The standard InChI is InChI=1S/C20H27F3N2/c1-19(2,3)12-25-11-16(18(24)20(21,22)23)15-9-8-14(10-17(15)25)13-6-4-5-7-13/h8-11,13,18H,4-7,12,24H2,1-3H3/t18-/m0/s1. The monoisotopic (exact) mass is 352 g/mol. The van der Waals surface area contributed by atoms with Gasteiger partial charge in [0.2, 0.25) is 0 Å². The molecule has 0 amide bonds. The van der Waals surface area contributed by atoms with Gasteiger partial charge < -0.3 is 10.3 Å². The minimum absolute atomic E-state index is 0.0328. The van der Waals surface area contributed by atoms with Crippen molar-refractivity contribution in [3.8, 4) is 0 Å². The van der Waals surface area contributed by atoms with E-state index in [2.05, 4.69) is 26.8 Å². The first-order valence-corrected chi connectivity index (χ1v) is 9.01. The largest absolute Gasteiger partial charge is 0.407 e. The number of benzene rings is 1. The van der Waals surface area contributed by atoms with Crippen molar-refractivity contribution in [3.05, 3.63) is 35.5 Å². The van der Waals surface area contributed by atoms with Crippen LogP contribution in [0.2, 0.25) is 0 Å². The summed E-state index contributed by atoms with van der Waals surface area (Å²) in [5, 5.41) is 0.621. The van der Waals surface area contributed by atoms with Gasteiger partial charge in [-0.05, 0) is 35.8 Å². The van der Waals surface area contributed by atoms with Crippen molar-refractivity contribution < 1.29 is 13.2 Å². The highest BCUT2D eigenvalue weighted by atomic mass is 19.4. The van der Waals surface area contributed by atoms with Crippen LogP contribution < -0.4 is 5.73 Å². The van der Waals surface area contributed by atoms with E-state index in [0.29, 0.717) is 17.8 Å². The van der Waals surface area contributed by atoms with Crippen molar-refractivity contribution >= 4 is 10.9 Å². The summed E-state index contributed by atoms with van der Waals surface area (Å²) in [7, 11) is 0. The third-order valence-electron chi connectivity index (χ3n) is 5.10. The Morgan fingerprint density at radius 3 is 2.36 bits per heavy atom. The first-order chi connectivity index (χ1) is 11.6. The Kier molecular flexibility index (Phi) is 4.65. The Morgan fingerprint density at radius 2 is 1.80 bits per heavy atom. The summed E-state index contributed by atoms with van der Waals surface area (Å²) in [5.41, 5.74) is 7.79. The van der Waals surface area contributed by atoms with E-state index in [9.17, 15) is 13.2 Å². The van der Waals surface area contributed by atoms with Crippen LogP contribution in [-0.4, -0.2) is 10.7 Å². The molecule has 0 saturated heterocycles. The van der Waals surface area contributed by atoms with E-state index in [1.165, 1.54) is 31.2 Å². The van der Waals surface area contributed by atoms with E-state index in [1.807, 2.05) is 16.7 Å². The predicted molar refractivity (Wildman–Crippen MR) is 95.6 cm³/mol. The molecule has 0 aliphatic heterocycles. The van der Waals surface area contributed by atoms with E-state index in [0.717, 1.165) is 5.52 Å². The van der Waals surface area contributed by atoms with E-state index in [-0.39, 0.29) is 11.0 Å². The van der Waals surface area contributed by atoms with Crippen LogP contribution in [0.3, 0.4) is 0 Å². The number of rotatable bonds is 3. The molecule has 0 unspecified atom stereocenters. The lowest BCUT2D eigenvalue weighted by Crippen LogP contribution is -2.28. The molecule has 0 bridgehead atoms. The van der Waals surface area contributed by atoms with Crippen molar-refractivity contribution in [2.45, 2.75) is 71.1 Å². The van der Waals surface area contributed by atoms with Crippen LogP contribution in [0.5, 0.6) is 0 Å². The average Bonchev–Trinajstić information content (AvgIpc) is 3.12. The van der Waals surface area contributed by atoms with Gasteiger partial charge >= 0.3 is 6.18 Å². The minimum Gasteiger partial charge on any atom is -0.347 e. The number of nitrogens with two attached hydrogens (primary N) is 1. The second-order valence-corrected chi connectivity index (χ2v) is 8.55. The molecule has 1 aliphatic rings. The van der Waals surface area contributed by atoms with Gasteiger partial charge in [0.15, 0.2) is 0 Å². The first-order valence-electron chi connectivity index (χ1n) is 9.01. The molecule has 2 N–H and O–H groups in total. The lowest BCUT2D eigenvalue weighted by atomic mass is 9.95. The van der Waals surface area contributed by atoms with Crippen LogP contribution in [0.25, 0.3) is 10.9 Å². The van der Waals surface area contributed by atoms with Gasteiger partial charge in [-0.2, -0.15) is 13.2 Å². The van der Waals surface area contributed by atoms with Crippen molar-refractivity contribution in [2.24, 2.45) is 11.1 Å². The molecule has 2 nitrogen and oxygen atoms in total. The smallest absolute Gasteiger partial charge is 0.347 e. The highest BCUT2D eigenvalue weighted by molar-refractivity contribution is 5.85. The molecule has 5 heteroatoms. The van der Waals surface area contributed by atoms with Crippen molar-refractivity contribution in [1.82, 2.24) is 4.57 Å². The van der Waals surface area contributed by atoms with E-state index < -0.39 is 12.2 Å². The fourth-order valence-corrected chi connectivity index (χ4v) is 3.92. The Bertz CT molecular complexity index is 747. The third-order valence-corrected chi connectivity index (χ3v) is 5.10. The molecule has 1 fully saturated rings. The molecule has 1 atom stereocenters. The molecule has 0 radical (unpaired) electrons. The Labute approximate surface area is 147 Å². The SMILES string of the molecule is CC(C)(C)Cn1cc([C@H](N)C(F)(F)F)c2ccc(C3CCCC3)cc21. The summed E-state index contributed by atoms with van der Waals surface area (Å²) in [5.74, 6) is 0.530. The Hall–Kier alpha value is -1.49. The van der Waals surface area contributed by atoms with Gasteiger partial charge in [-0.25, -0.2) is 0 Å². The maximum absolute atomic E-state index is 13.2. The van der Waals surface area contributed by atoms with E-state index in [4.69, 9.17) is 5.73 Å². The molecule has 3 rings (SSSR count). The van der Waals surface area contributed by atoms with Gasteiger partial charge in [-0.1, -0.05) is 45.7 Å². The molecular formula is C20H27F3N2. The highest BCUT2D eigenvalue weighted by Crippen LogP contribution is 2.39. The third kappa shape index (κ3) is 3.86. The number of halogens is 3. The topological polar surface area (TPSA) is 30.9 Å². The van der Waals surface area contributed by atoms with Gasteiger partial charge in [-0.15, -0.1) is 0 Å². The maximum Gasteiger partial charge on any atom is 0.407 e. The second-order valence-electron chi connectivity index (χ2n) is 8.55. The predicted octanol–water partition coefficient (Wildman–Crippen LogP) is 5.91. The molecule has 1 aromatic heterocycles. The normalized spacial score (nSPS) is 18.2. The fourth-order valence-electron chi connectivity index (χ4n) is 3.92. The number of hydrogen-bond acceptors (Lipinski definition) is 1. The summed E-state index contributed by atoms with van der Waals surface area (Å²) < 4.78 is 41.6. The van der Waals surface area contributed by atoms with Gasteiger partial charge in [-0.3, -0.25) is 0 Å². The van der Waals surface area contributed by atoms with Crippen molar-refractivity contribution in [1.29, 1.82) is 0 Å². The van der Waals surface area contributed by atoms with Crippen LogP contribution in [-0.2, 0) is 6.54 Å². The maximum atomic E-state index is 13.2. The molecule has 2 aromatic rings. The summed E-state index contributed by atoms with van der Waals surface area (Å²) in [6, 6.07) is 3.97. The summed E-state index contributed by atoms with van der Waals surface area (Å²) in [4.78, 5) is 0. The quantitative estimate of drug-likeness (QED) is 0.732. The van der Waals surface area contributed by atoms with Crippen LogP contribution in [0.15, 0.2) is 24.4 Å². The lowest BCUT2D eigenvalue weighted by Gasteiger charge is -2.20. The zero-order chi connectivity index (χ0) is 18.4. The molecule has 1 heterocycles. The second kappa shape index (κ2) is 6.35. The Balaban J connectivity index is 2.11. The lowest BCUT2D eigenvalue weighted by molar-refractivity contribution is -0.148. The molecule has 25 heavy (non-hydrogen) atoms. The molecular weight excluding hydrogens is 325 g/mol. The van der Waals surface area contributed by atoms with Gasteiger partial charge in [0.05, 0.1) is 0 Å². The molecule has 138 valence electrons. The molecule has 0 spiro atoms. The molecule has 1 saturated carbocycles. The number of alkyl halides is 3. The summed E-state index contributed by atoms with van der Waals surface area (Å²) >= 11 is 0. The van der Waals surface area contributed by atoms with Crippen LogP contribution >= 0.6 is 0 Å². The molecule has 1 aliphatic carbocycles. The van der Waals surface area contributed by atoms with Crippen molar-refractivity contribution in [2.75, 3.05) is 0 Å². The van der Waals surface area contributed by atoms with E-state index in [1.54, 1.807) is 6.20 Å². The van der Waals surface area contributed by atoms with Crippen LogP contribution in [0.1, 0.15) is 69.5 Å².